The van der Waals surface area contributed by atoms with Crippen LogP contribution in [0.3, 0.4) is 0 Å². The van der Waals surface area contributed by atoms with E-state index in [-0.39, 0.29) is 30.2 Å². The van der Waals surface area contributed by atoms with E-state index in [9.17, 15) is 10.1 Å². The first-order valence-electron chi connectivity index (χ1n) is 11.0. The molecule has 4 aromatic rings. The molecular weight excluding hydrogens is 470 g/mol. The molecule has 0 unspecified atom stereocenters. The number of rotatable bonds is 5. The highest BCUT2D eigenvalue weighted by molar-refractivity contribution is 7.14. The van der Waals surface area contributed by atoms with Crippen molar-refractivity contribution in [3.8, 4) is 40.5 Å². The molecule has 0 aliphatic carbocycles. The fourth-order valence-electron chi connectivity index (χ4n) is 4.18. The number of fused-ring (bicyclic) bond motifs is 1. The molecule has 6 rings (SSSR count). The van der Waals surface area contributed by atoms with Crippen molar-refractivity contribution in [1.29, 1.82) is 5.26 Å². The van der Waals surface area contributed by atoms with Gasteiger partial charge in [-0.3, -0.25) is 4.79 Å². The monoisotopic (exact) mass is 489 g/mol. The third kappa shape index (κ3) is 4.08. The van der Waals surface area contributed by atoms with Gasteiger partial charge in [-0.1, -0.05) is 0 Å². The Bertz CT molecular complexity index is 1410. The van der Waals surface area contributed by atoms with Crippen molar-refractivity contribution in [3.63, 3.8) is 0 Å². The van der Waals surface area contributed by atoms with E-state index in [0.29, 0.717) is 54.2 Å². The van der Waals surface area contributed by atoms with Crippen LogP contribution in [0.5, 0.6) is 11.5 Å². The van der Waals surface area contributed by atoms with Gasteiger partial charge in [0, 0.05) is 30.0 Å². The van der Waals surface area contributed by atoms with Crippen molar-refractivity contribution in [2.45, 2.75) is 12.8 Å². The summed E-state index contributed by atoms with van der Waals surface area (Å²) in [5.74, 6) is 2.32. The lowest BCUT2D eigenvalue weighted by Gasteiger charge is -2.30. The van der Waals surface area contributed by atoms with Gasteiger partial charge >= 0.3 is 0 Å². The van der Waals surface area contributed by atoms with Gasteiger partial charge in [-0.05, 0) is 43.2 Å². The van der Waals surface area contributed by atoms with Gasteiger partial charge in [-0.15, -0.1) is 11.3 Å². The lowest BCUT2D eigenvalue weighted by Crippen LogP contribution is -2.38. The van der Waals surface area contributed by atoms with E-state index in [1.54, 1.807) is 12.1 Å². The zero-order valence-corrected chi connectivity index (χ0v) is 19.2. The Labute approximate surface area is 203 Å². The summed E-state index contributed by atoms with van der Waals surface area (Å²) in [4.78, 5) is 23.6. The molecule has 1 fully saturated rings. The van der Waals surface area contributed by atoms with E-state index >= 15 is 0 Å². The summed E-state index contributed by atoms with van der Waals surface area (Å²) in [5.41, 5.74) is 1.87. The SMILES string of the molecule is N#Cc1nc(-c2ccco2)oc1N1CCC(C(=O)Nc2nc(-c3ccc4c(c3)OCO4)cs2)CC1. The number of oxazole rings is 1. The largest absolute Gasteiger partial charge is 0.459 e. The average Bonchev–Trinajstić information content (AvgIpc) is 3.69. The van der Waals surface area contributed by atoms with E-state index < -0.39 is 0 Å². The van der Waals surface area contributed by atoms with Gasteiger partial charge in [0.25, 0.3) is 5.89 Å². The minimum absolute atomic E-state index is 0.0643. The Morgan fingerprint density at radius 2 is 2.03 bits per heavy atom. The van der Waals surface area contributed by atoms with Crippen LogP contribution in [0.2, 0.25) is 0 Å². The van der Waals surface area contributed by atoms with Crippen molar-refractivity contribution in [2.75, 3.05) is 30.1 Å². The number of carbonyl (C=O) groups excluding carboxylic acids is 1. The molecule has 0 radical (unpaired) electrons. The molecule has 10 nitrogen and oxygen atoms in total. The zero-order valence-electron chi connectivity index (χ0n) is 18.4. The number of ether oxygens (including phenoxy) is 2. The fraction of sp³-hybridized carbons (Fsp3) is 0.250. The summed E-state index contributed by atoms with van der Waals surface area (Å²) in [7, 11) is 0. The van der Waals surface area contributed by atoms with Crippen LogP contribution in [0.25, 0.3) is 22.9 Å². The summed E-state index contributed by atoms with van der Waals surface area (Å²) >= 11 is 1.38. The maximum absolute atomic E-state index is 12.9. The number of thiazole rings is 1. The molecular formula is C24H19N5O5S. The van der Waals surface area contributed by atoms with E-state index in [0.717, 1.165) is 11.3 Å². The first kappa shape index (κ1) is 21.2. The highest BCUT2D eigenvalue weighted by Crippen LogP contribution is 2.37. The highest BCUT2D eigenvalue weighted by Gasteiger charge is 2.30. The number of anilines is 2. The van der Waals surface area contributed by atoms with Crippen LogP contribution in [-0.4, -0.2) is 35.8 Å². The number of nitrogens with zero attached hydrogens (tertiary/aromatic N) is 4. The van der Waals surface area contributed by atoms with Crippen LogP contribution in [0, 0.1) is 17.2 Å². The normalized spacial score (nSPS) is 15.2. The molecule has 1 amide bonds. The first-order valence-corrected chi connectivity index (χ1v) is 11.9. The Kier molecular flexibility index (Phi) is 5.35. The van der Waals surface area contributed by atoms with Gasteiger partial charge in [0.05, 0.1) is 12.0 Å². The van der Waals surface area contributed by atoms with Gasteiger partial charge < -0.3 is 28.5 Å². The predicted octanol–water partition coefficient (Wildman–Crippen LogP) is 4.51. The molecule has 1 aromatic carbocycles. The van der Waals surface area contributed by atoms with E-state index in [2.05, 4.69) is 21.4 Å². The van der Waals surface area contributed by atoms with Crippen LogP contribution in [0.4, 0.5) is 11.0 Å². The summed E-state index contributed by atoms with van der Waals surface area (Å²) in [6, 6.07) is 11.2. The maximum Gasteiger partial charge on any atom is 0.266 e. The molecule has 2 aliphatic heterocycles. The Balaban J connectivity index is 1.08. The number of hydrogen-bond acceptors (Lipinski definition) is 10. The summed E-state index contributed by atoms with van der Waals surface area (Å²) in [6.45, 7) is 1.36. The van der Waals surface area contributed by atoms with Crippen molar-refractivity contribution < 1.29 is 23.1 Å². The summed E-state index contributed by atoms with van der Waals surface area (Å²) in [5, 5.41) is 14.9. The van der Waals surface area contributed by atoms with Crippen molar-refractivity contribution in [3.05, 3.63) is 47.7 Å². The van der Waals surface area contributed by atoms with Gasteiger partial charge in [-0.25, -0.2) is 4.98 Å². The Hall–Kier alpha value is -4.30. The summed E-state index contributed by atoms with van der Waals surface area (Å²) < 4.78 is 21.9. The van der Waals surface area contributed by atoms with Gasteiger partial charge in [0.1, 0.15) is 6.07 Å². The fourth-order valence-corrected chi connectivity index (χ4v) is 4.90. The maximum atomic E-state index is 12.9. The molecule has 35 heavy (non-hydrogen) atoms. The lowest BCUT2D eigenvalue weighted by molar-refractivity contribution is -0.120. The number of carbonyl (C=O) groups is 1. The molecule has 3 aromatic heterocycles. The second-order valence-electron chi connectivity index (χ2n) is 8.12. The third-order valence-electron chi connectivity index (χ3n) is 6.00. The van der Waals surface area contributed by atoms with E-state index in [4.69, 9.17) is 18.3 Å². The van der Waals surface area contributed by atoms with Crippen LogP contribution in [0.1, 0.15) is 18.5 Å². The molecule has 0 saturated carbocycles. The smallest absolute Gasteiger partial charge is 0.266 e. The predicted molar refractivity (Wildman–Crippen MR) is 126 cm³/mol. The van der Waals surface area contributed by atoms with Crippen molar-refractivity contribution in [1.82, 2.24) is 9.97 Å². The topological polar surface area (TPSA) is 127 Å². The summed E-state index contributed by atoms with van der Waals surface area (Å²) in [6.07, 6.45) is 2.76. The Morgan fingerprint density at radius 1 is 1.17 bits per heavy atom. The first-order chi connectivity index (χ1) is 17.2. The molecule has 1 N–H and O–H groups in total. The van der Waals surface area contributed by atoms with Crippen LogP contribution in [0.15, 0.2) is 50.8 Å². The minimum Gasteiger partial charge on any atom is -0.459 e. The van der Waals surface area contributed by atoms with Gasteiger partial charge in [0.15, 0.2) is 22.4 Å². The van der Waals surface area contributed by atoms with Gasteiger partial charge in [-0.2, -0.15) is 10.2 Å². The highest BCUT2D eigenvalue weighted by atomic mass is 32.1. The number of nitriles is 1. The van der Waals surface area contributed by atoms with E-state index in [1.807, 2.05) is 28.5 Å². The van der Waals surface area contributed by atoms with Crippen LogP contribution in [-0.2, 0) is 4.79 Å². The zero-order chi connectivity index (χ0) is 23.8. The number of aromatic nitrogens is 2. The number of nitrogens with one attached hydrogen (secondary N) is 1. The second-order valence-corrected chi connectivity index (χ2v) is 8.98. The molecule has 0 bridgehead atoms. The van der Waals surface area contributed by atoms with Crippen LogP contribution >= 0.6 is 11.3 Å². The molecule has 0 atom stereocenters. The molecule has 1 saturated heterocycles. The molecule has 0 spiro atoms. The van der Waals surface area contributed by atoms with Crippen molar-refractivity contribution >= 4 is 28.3 Å². The molecule has 5 heterocycles. The number of furan rings is 1. The standard InChI is InChI=1S/C24H19N5O5S/c25-11-16-23(34-22(26-16)19-2-1-9-31-19)29-7-5-14(6-8-29)21(30)28-24-27-17(12-35-24)15-3-4-18-20(10-15)33-13-32-18/h1-4,9-10,12,14H,5-8,13H2,(H,27,28,30). The number of piperidine rings is 1. The average molecular weight is 490 g/mol. The quantitative estimate of drug-likeness (QED) is 0.431. The number of amides is 1. The second kappa shape index (κ2) is 8.81. The lowest BCUT2D eigenvalue weighted by atomic mass is 9.96. The van der Waals surface area contributed by atoms with Crippen molar-refractivity contribution in [2.24, 2.45) is 5.92 Å². The molecule has 2 aliphatic rings. The van der Waals surface area contributed by atoms with E-state index in [1.165, 1.54) is 17.6 Å². The molecule has 176 valence electrons. The van der Waals surface area contributed by atoms with Gasteiger partial charge in [0.2, 0.25) is 24.3 Å². The molecule has 11 heteroatoms. The minimum atomic E-state index is -0.165. The Morgan fingerprint density at radius 3 is 2.83 bits per heavy atom. The third-order valence-corrected chi connectivity index (χ3v) is 6.76. The number of benzene rings is 1. The van der Waals surface area contributed by atoms with Crippen LogP contribution < -0.4 is 19.7 Å². The number of hydrogen-bond donors (Lipinski definition) is 1.